The van der Waals surface area contributed by atoms with Crippen molar-refractivity contribution >= 4 is 5.97 Å². The zero-order valence-electron chi connectivity index (χ0n) is 11.4. The van der Waals surface area contributed by atoms with Crippen LogP contribution in [0.25, 0.3) is 0 Å². The van der Waals surface area contributed by atoms with Crippen molar-refractivity contribution in [1.29, 1.82) is 0 Å². The van der Waals surface area contributed by atoms with E-state index in [1.165, 1.54) is 0 Å². The number of carbonyl (C=O) groups excluding carboxylic acids is 1. The average molecular weight is 250 g/mol. The molecule has 0 spiro atoms. The third-order valence-corrected chi connectivity index (χ3v) is 2.61. The van der Waals surface area contributed by atoms with Gasteiger partial charge in [-0.05, 0) is 38.9 Å². The highest BCUT2D eigenvalue weighted by Gasteiger charge is 2.19. The fraction of sp³-hybridized carbons (Fsp3) is 0.571. The van der Waals surface area contributed by atoms with Gasteiger partial charge in [0.15, 0.2) is 0 Å². The Labute approximate surface area is 109 Å². The van der Waals surface area contributed by atoms with Gasteiger partial charge in [-0.3, -0.25) is 4.98 Å². The first-order chi connectivity index (χ1) is 8.55. The number of aromatic nitrogens is 1. The summed E-state index contributed by atoms with van der Waals surface area (Å²) in [5.74, 6) is -0.303. The third kappa shape index (κ3) is 5.27. The van der Waals surface area contributed by atoms with E-state index in [1.807, 2.05) is 13.8 Å². The molecule has 1 aromatic rings. The van der Waals surface area contributed by atoms with Gasteiger partial charge in [0.1, 0.15) is 6.61 Å². The molecule has 4 heteroatoms. The Bertz CT molecular complexity index is 363. The number of hydrogen-bond acceptors (Lipinski definition) is 4. The summed E-state index contributed by atoms with van der Waals surface area (Å²) >= 11 is 0. The van der Waals surface area contributed by atoms with Crippen molar-refractivity contribution in [2.75, 3.05) is 13.2 Å². The SMILES string of the molecule is CCCCNC(C)(C)COC(=O)c1ccncc1. The van der Waals surface area contributed by atoms with E-state index < -0.39 is 0 Å². The number of carbonyl (C=O) groups is 1. The van der Waals surface area contributed by atoms with Gasteiger partial charge >= 0.3 is 5.97 Å². The first-order valence-electron chi connectivity index (χ1n) is 6.37. The Morgan fingerprint density at radius 3 is 2.67 bits per heavy atom. The van der Waals surface area contributed by atoms with Gasteiger partial charge in [0.25, 0.3) is 0 Å². The second kappa shape index (κ2) is 7.11. The van der Waals surface area contributed by atoms with Crippen molar-refractivity contribution in [1.82, 2.24) is 10.3 Å². The molecule has 0 unspecified atom stereocenters. The fourth-order valence-corrected chi connectivity index (χ4v) is 1.47. The van der Waals surface area contributed by atoms with Crippen molar-refractivity contribution in [3.05, 3.63) is 30.1 Å². The molecule has 0 aromatic carbocycles. The molecule has 100 valence electrons. The normalized spacial score (nSPS) is 11.3. The molecule has 0 fully saturated rings. The van der Waals surface area contributed by atoms with Gasteiger partial charge in [-0.2, -0.15) is 0 Å². The lowest BCUT2D eigenvalue weighted by atomic mass is 10.1. The van der Waals surface area contributed by atoms with Crippen LogP contribution in [0.15, 0.2) is 24.5 Å². The van der Waals surface area contributed by atoms with Crippen LogP contribution in [0.1, 0.15) is 44.0 Å². The smallest absolute Gasteiger partial charge is 0.338 e. The maximum atomic E-state index is 11.7. The summed E-state index contributed by atoms with van der Waals surface area (Å²) in [4.78, 5) is 15.6. The molecule has 0 saturated carbocycles. The number of pyridine rings is 1. The molecule has 0 amide bonds. The number of unbranched alkanes of at least 4 members (excludes halogenated alkanes) is 1. The lowest BCUT2D eigenvalue weighted by Gasteiger charge is -2.25. The van der Waals surface area contributed by atoms with E-state index in [9.17, 15) is 4.79 Å². The number of ether oxygens (including phenoxy) is 1. The average Bonchev–Trinajstić information content (AvgIpc) is 2.37. The summed E-state index contributed by atoms with van der Waals surface area (Å²) in [7, 11) is 0. The van der Waals surface area contributed by atoms with E-state index in [0.717, 1.165) is 19.4 Å². The van der Waals surface area contributed by atoms with Crippen LogP contribution in [-0.2, 0) is 4.74 Å². The van der Waals surface area contributed by atoms with Crippen LogP contribution >= 0.6 is 0 Å². The number of hydrogen-bond donors (Lipinski definition) is 1. The molecule has 1 aromatic heterocycles. The first kappa shape index (κ1) is 14.6. The molecule has 1 rings (SSSR count). The van der Waals surface area contributed by atoms with Gasteiger partial charge in [0.05, 0.1) is 5.56 Å². The largest absolute Gasteiger partial charge is 0.460 e. The van der Waals surface area contributed by atoms with Gasteiger partial charge in [-0.1, -0.05) is 13.3 Å². The number of rotatable bonds is 7. The summed E-state index contributed by atoms with van der Waals surface area (Å²) in [6.45, 7) is 7.51. The van der Waals surface area contributed by atoms with E-state index >= 15 is 0 Å². The second-order valence-corrected chi connectivity index (χ2v) is 4.98. The zero-order valence-corrected chi connectivity index (χ0v) is 11.4. The molecule has 18 heavy (non-hydrogen) atoms. The lowest BCUT2D eigenvalue weighted by molar-refractivity contribution is 0.0400. The standard InChI is InChI=1S/C14H22N2O2/c1-4-5-8-16-14(2,3)11-18-13(17)12-6-9-15-10-7-12/h6-7,9-10,16H,4-5,8,11H2,1-3H3. The van der Waals surface area contributed by atoms with E-state index in [1.54, 1.807) is 24.5 Å². The second-order valence-electron chi connectivity index (χ2n) is 4.98. The van der Waals surface area contributed by atoms with Crippen molar-refractivity contribution in [2.24, 2.45) is 0 Å². The van der Waals surface area contributed by atoms with Crippen molar-refractivity contribution in [3.8, 4) is 0 Å². The topological polar surface area (TPSA) is 51.2 Å². The summed E-state index contributed by atoms with van der Waals surface area (Å²) in [6.07, 6.45) is 5.45. The molecule has 0 aliphatic carbocycles. The van der Waals surface area contributed by atoms with Crippen LogP contribution in [0.3, 0.4) is 0 Å². The van der Waals surface area contributed by atoms with Gasteiger partial charge in [0.2, 0.25) is 0 Å². The molecule has 0 aliphatic rings. The highest BCUT2D eigenvalue weighted by molar-refractivity contribution is 5.89. The quantitative estimate of drug-likeness (QED) is 0.596. The summed E-state index contributed by atoms with van der Waals surface area (Å²) in [5, 5.41) is 3.38. The lowest BCUT2D eigenvalue weighted by Crippen LogP contribution is -2.44. The van der Waals surface area contributed by atoms with Crippen LogP contribution in [0.4, 0.5) is 0 Å². The van der Waals surface area contributed by atoms with Crippen molar-refractivity contribution in [2.45, 2.75) is 39.2 Å². The zero-order chi connectivity index (χ0) is 13.4. The first-order valence-corrected chi connectivity index (χ1v) is 6.37. The van der Waals surface area contributed by atoms with Crippen molar-refractivity contribution in [3.63, 3.8) is 0 Å². The monoisotopic (exact) mass is 250 g/mol. The van der Waals surface area contributed by atoms with E-state index in [-0.39, 0.29) is 11.5 Å². The minimum Gasteiger partial charge on any atom is -0.460 e. The summed E-state index contributed by atoms with van der Waals surface area (Å²) < 4.78 is 5.29. The van der Waals surface area contributed by atoms with E-state index in [2.05, 4.69) is 17.2 Å². The van der Waals surface area contributed by atoms with E-state index in [0.29, 0.717) is 12.2 Å². The maximum absolute atomic E-state index is 11.7. The molecule has 0 atom stereocenters. The molecule has 1 heterocycles. The molecular formula is C14H22N2O2. The molecule has 1 N–H and O–H groups in total. The van der Waals surface area contributed by atoms with Crippen LogP contribution in [0.2, 0.25) is 0 Å². The molecule has 0 radical (unpaired) electrons. The number of nitrogens with zero attached hydrogens (tertiary/aromatic N) is 1. The predicted molar refractivity (Wildman–Crippen MR) is 71.5 cm³/mol. The molecule has 0 aliphatic heterocycles. The highest BCUT2D eigenvalue weighted by atomic mass is 16.5. The number of esters is 1. The van der Waals surface area contributed by atoms with Crippen LogP contribution in [0.5, 0.6) is 0 Å². The maximum Gasteiger partial charge on any atom is 0.338 e. The Kier molecular flexibility index (Phi) is 5.78. The van der Waals surface area contributed by atoms with Gasteiger partial charge < -0.3 is 10.1 Å². The van der Waals surface area contributed by atoms with Crippen LogP contribution in [0, 0.1) is 0 Å². The summed E-state index contributed by atoms with van der Waals surface area (Å²) in [5.41, 5.74) is 0.340. The predicted octanol–water partition coefficient (Wildman–Crippen LogP) is 2.41. The van der Waals surface area contributed by atoms with Gasteiger partial charge in [-0.15, -0.1) is 0 Å². The highest BCUT2D eigenvalue weighted by Crippen LogP contribution is 2.06. The fourth-order valence-electron chi connectivity index (χ4n) is 1.47. The van der Waals surface area contributed by atoms with Crippen molar-refractivity contribution < 1.29 is 9.53 Å². The number of nitrogens with one attached hydrogen (secondary N) is 1. The van der Waals surface area contributed by atoms with Crippen LogP contribution in [-0.4, -0.2) is 29.6 Å². The van der Waals surface area contributed by atoms with Gasteiger partial charge in [0, 0.05) is 17.9 Å². The third-order valence-electron chi connectivity index (χ3n) is 2.61. The van der Waals surface area contributed by atoms with E-state index in [4.69, 9.17) is 4.74 Å². The Morgan fingerprint density at radius 2 is 2.06 bits per heavy atom. The van der Waals surface area contributed by atoms with Gasteiger partial charge in [-0.25, -0.2) is 4.79 Å². The summed E-state index contributed by atoms with van der Waals surface area (Å²) in [6, 6.07) is 3.31. The molecular weight excluding hydrogens is 228 g/mol. The molecule has 0 bridgehead atoms. The molecule has 0 saturated heterocycles. The Balaban J connectivity index is 2.37. The Hall–Kier alpha value is -1.42. The van der Waals surface area contributed by atoms with Crippen LogP contribution < -0.4 is 5.32 Å². The Morgan fingerprint density at radius 1 is 1.39 bits per heavy atom. The molecule has 4 nitrogen and oxygen atoms in total. The minimum atomic E-state index is -0.303. The minimum absolute atomic E-state index is 0.197.